The van der Waals surface area contributed by atoms with Crippen molar-refractivity contribution in [3.05, 3.63) is 27.8 Å². The lowest BCUT2D eigenvalue weighted by molar-refractivity contribution is -0.386. The Bertz CT molecular complexity index is 947. The number of carbonyl (C=O) groups is 3. The van der Waals surface area contributed by atoms with Crippen LogP contribution in [0.25, 0.3) is 0 Å². The van der Waals surface area contributed by atoms with Gasteiger partial charge in [0.25, 0.3) is 11.6 Å². The molecule has 0 aliphatic carbocycles. The van der Waals surface area contributed by atoms with Crippen molar-refractivity contribution in [2.75, 3.05) is 27.8 Å². The van der Waals surface area contributed by atoms with Crippen LogP contribution in [0.2, 0.25) is 0 Å². The number of amides is 2. The summed E-state index contributed by atoms with van der Waals surface area (Å²) < 4.78 is 15.9. The Morgan fingerprint density at radius 2 is 1.60 bits per heavy atom. The maximum absolute atomic E-state index is 13.1. The number of hydrogen-bond acceptors (Lipinski definition) is 8. The number of methoxy groups -OCH3 is 2. The molecule has 0 bridgehead atoms. The van der Waals surface area contributed by atoms with Crippen molar-refractivity contribution in [2.45, 2.75) is 66.0 Å². The van der Waals surface area contributed by atoms with Gasteiger partial charge in [0.05, 0.1) is 30.8 Å². The Morgan fingerprint density at radius 1 is 1.06 bits per heavy atom. The van der Waals surface area contributed by atoms with Crippen LogP contribution >= 0.6 is 0 Å². The van der Waals surface area contributed by atoms with E-state index >= 15 is 0 Å². The van der Waals surface area contributed by atoms with Gasteiger partial charge in [0.15, 0.2) is 11.5 Å². The van der Waals surface area contributed by atoms with Crippen LogP contribution < -0.4 is 14.8 Å². The molecule has 0 fully saturated rings. The quantitative estimate of drug-likeness (QED) is 0.379. The zero-order chi connectivity index (χ0) is 27.1. The average molecular weight is 496 g/mol. The molecule has 1 rings (SSSR count). The monoisotopic (exact) mass is 495 g/mol. The summed E-state index contributed by atoms with van der Waals surface area (Å²) in [6.45, 7) is 10.8. The minimum Gasteiger partial charge on any atom is -0.493 e. The van der Waals surface area contributed by atoms with Gasteiger partial charge in [-0.15, -0.1) is 0 Å². The molecule has 1 atom stereocenters. The van der Waals surface area contributed by atoms with Gasteiger partial charge in [0, 0.05) is 31.0 Å². The Balaban J connectivity index is 3.28. The number of hydrogen-bond donors (Lipinski definition) is 1. The van der Waals surface area contributed by atoms with Crippen LogP contribution in [0.15, 0.2) is 12.1 Å². The maximum atomic E-state index is 13.1. The summed E-state index contributed by atoms with van der Waals surface area (Å²) in [5.74, 6) is -0.461. The number of benzene rings is 1. The summed E-state index contributed by atoms with van der Waals surface area (Å²) in [6.07, 6.45) is -1.83. The van der Waals surface area contributed by atoms with E-state index in [1.54, 1.807) is 20.8 Å². The summed E-state index contributed by atoms with van der Waals surface area (Å²) in [4.78, 5) is 50.4. The largest absolute Gasteiger partial charge is 0.493 e. The van der Waals surface area contributed by atoms with Crippen molar-refractivity contribution < 1.29 is 33.5 Å². The standard InChI is InChI=1S/C24H37N3O8/c1-23(2,3)19(28)11-10-12-26(7)22(30)35-20(21(29)25-24(4,5)6)15-13-17(33-8)18(34-9)14-16(15)27(31)32/h13-14,20H,10-12H2,1-9H3,(H,25,29). The molecule has 0 aliphatic heterocycles. The lowest BCUT2D eigenvalue weighted by Crippen LogP contribution is -2.45. The highest BCUT2D eigenvalue weighted by molar-refractivity contribution is 5.87. The van der Waals surface area contributed by atoms with Gasteiger partial charge < -0.3 is 24.4 Å². The number of ketones is 1. The fourth-order valence-corrected chi connectivity index (χ4v) is 3.08. The fourth-order valence-electron chi connectivity index (χ4n) is 3.08. The first-order valence-electron chi connectivity index (χ1n) is 11.2. The molecule has 1 aromatic rings. The van der Waals surface area contributed by atoms with Gasteiger partial charge in [-0.05, 0) is 33.3 Å². The zero-order valence-electron chi connectivity index (χ0n) is 22.0. The molecule has 0 spiro atoms. The van der Waals surface area contributed by atoms with E-state index in [9.17, 15) is 24.5 Å². The van der Waals surface area contributed by atoms with Crippen molar-refractivity contribution in [3.8, 4) is 11.5 Å². The molecule has 35 heavy (non-hydrogen) atoms. The smallest absolute Gasteiger partial charge is 0.410 e. The molecule has 11 nitrogen and oxygen atoms in total. The second-order valence-electron chi connectivity index (χ2n) is 10.2. The van der Waals surface area contributed by atoms with E-state index in [0.29, 0.717) is 6.42 Å². The molecule has 0 aliphatic rings. The average Bonchev–Trinajstić information content (AvgIpc) is 2.73. The number of rotatable bonds is 10. The molecule has 2 amide bonds. The van der Waals surface area contributed by atoms with Crippen LogP contribution in [0.3, 0.4) is 0 Å². The van der Waals surface area contributed by atoms with Crippen LogP contribution in [0.1, 0.15) is 66.1 Å². The van der Waals surface area contributed by atoms with Crippen LogP contribution in [-0.4, -0.2) is 61.0 Å². The van der Waals surface area contributed by atoms with Gasteiger partial charge >= 0.3 is 6.09 Å². The Hall–Kier alpha value is -3.37. The van der Waals surface area contributed by atoms with Crippen molar-refractivity contribution in [1.29, 1.82) is 0 Å². The van der Waals surface area contributed by atoms with Crippen molar-refractivity contribution in [1.82, 2.24) is 10.2 Å². The number of Topliss-reactive ketones (excluding diaryl/α,β-unsaturated/α-hetero) is 1. The van der Waals surface area contributed by atoms with E-state index in [1.807, 2.05) is 20.8 Å². The Morgan fingerprint density at radius 3 is 2.06 bits per heavy atom. The van der Waals surface area contributed by atoms with E-state index in [2.05, 4.69) is 5.32 Å². The maximum Gasteiger partial charge on any atom is 0.410 e. The first-order valence-corrected chi connectivity index (χ1v) is 11.2. The summed E-state index contributed by atoms with van der Waals surface area (Å²) in [5, 5.41) is 14.5. The molecule has 0 aromatic heterocycles. The fraction of sp³-hybridized carbons (Fsp3) is 0.625. The van der Waals surface area contributed by atoms with E-state index in [-0.39, 0.29) is 35.8 Å². The number of ether oxygens (including phenoxy) is 3. The molecule has 0 heterocycles. The molecule has 0 radical (unpaired) electrons. The molecule has 196 valence electrons. The number of carbonyl (C=O) groups excluding carboxylic acids is 3. The minimum atomic E-state index is -1.64. The molecular weight excluding hydrogens is 458 g/mol. The SMILES string of the molecule is COc1cc(C(OC(=O)N(C)CCCC(=O)C(C)(C)C)C(=O)NC(C)(C)C)c([N+](=O)[O-])cc1OC. The molecule has 0 saturated carbocycles. The van der Waals surface area contributed by atoms with E-state index < -0.39 is 39.7 Å². The highest BCUT2D eigenvalue weighted by atomic mass is 16.6. The predicted molar refractivity (Wildman–Crippen MR) is 130 cm³/mol. The third-order valence-electron chi connectivity index (χ3n) is 5.01. The van der Waals surface area contributed by atoms with E-state index in [1.165, 1.54) is 32.2 Å². The topological polar surface area (TPSA) is 137 Å². The Kier molecular flexibility index (Phi) is 10.0. The summed E-state index contributed by atoms with van der Waals surface area (Å²) >= 11 is 0. The minimum absolute atomic E-state index is 0.0580. The highest BCUT2D eigenvalue weighted by Crippen LogP contribution is 2.39. The summed E-state index contributed by atoms with van der Waals surface area (Å²) in [7, 11) is 4.13. The lowest BCUT2D eigenvalue weighted by Gasteiger charge is -2.27. The van der Waals surface area contributed by atoms with Gasteiger partial charge in [-0.25, -0.2) is 4.79 Å². The number of nitrogens with zero attached hydrogens (tertiary/aromatic N) is 2. The number of nitro benzene ring substituents is 1. The van der Waals surface area contributed by atoms with Gasteiger partial charge in [-0.1, -0.05) is 20.8 Å². The highest BCUT2D eigenvalue weighted by Gasteiger charge is 2.36. The van der Waals surface area contributed by atoms with Crippen molar-refractivity contribution >= 4 is 23.5 Å². The molecule has 11 heteroatoms. The first kappa shape index (κ1) is 29.7. The molecule has 0 saturated heterocycles. The van der Waals surface area contributed by atoms with Crippen LogP contribution in [-0.2, 0) is 14.3 Å². The second-order valence-corrected chi connectivity index (χ2v) is 10.2. The molecule has 1 unspecified atom stereocenters. The van der Waals surface area contributed by atoms with Crippen LogP contribution in [0, 0.1) is 15.5 Å². The zero-order valence-corrected chi connectivity index (χ0v) is 22.0. The third-order valence-corrected chi connectivity index (χ3v) is 5.01. The Labute approximate surface area is 206 Å². The van der Waals surface area contributed by atoms with Crippen molar-refractivity contribution in [2.24, 2.45) is 5.41 Å². The van der Waals surface area contributed by atoms with E-state index in [4.69, 9.17) is 14.2 Å². The first-order chi connectivity index (χ1) is 16.0. The molecule has 1 N–H and O–H groups in total. The summed E-state index contributed by atoms with van der Waals surface area (Å²) in [5.41, 5.74) is -1.82. The lowest BCUT2D eigenvalue weighted by atomic mass is 9.88. The van der Waals surface area contributed by atoms with Gasteiger partial charge in [-0.3, -0.25) is 19.7 Å². The third kappa shape index (κ3) is 8.73. The van der Waals surface area contributed by atoms with Gasteiger partial charge in [-0.2, -0.15) is 0 Å². The van der Waals surface area contributed by atoms with E-state index in [0.717, 1.165) is 6.07 Å². The van der Waals surface area contributed by atoms with Crippen LogP contribution in [0.4, 0.5) is 10.5 Å². The number of nitrogens with one attached hydrogen (secondary N) is 1. The molecular formula is C24H37N3O8. The normalized spacial score (nSPS) is 12.4. The number of nitro groups is 1. The van der Waals surface area contributed by atoms with Gasteiger partial charge in [0.2, 0.25) is 6.10 Å². The van der Waals surface area contributed by atoms with Crippen molar-refractivity contribution in [3.63, 3.8) is 0 Å². The molecule has 1 aromatic carbocycles. The second kappa shape index (κ2) is 11.9. The van der Waals surface area contributed by atoms with Crippen LogP contribution in [0.5, 0.6) is 11.5 Å². The summed E-state index contributed by atoms with van der Waals surface area (Å²) in [6, 6.07) is 2.36. The van der Waals surface area contributed by atoms with Gasteiger partial charge in [0.1, 0.15) is 5.78 Å². The predicted octanol–water partition coefficient (Wildman–Crippen LogP) is 4.03.